The summed E-state index contributed by atoms with van der Waals surface area (Å²) >= 11 is 0. The lowest BCUT2D eigenvalue weighted by atomic mass is 10.0. The molecule has 1 N–H and O–H groups in total. The molecule has 0 aromatic carbocycles. The smallest absolute Gasteiger partial charge is 0.272 e. The summed E-state index contributed by atoms with van der Waals surface area (Å²) < 4.78 is 27.8. The van der Waals surface area contributed by atoms with Gasteiger partial charge in [0.15, 0.2) is 0 Å². The number of carbonyl (C=O) groups excluding carboxylic acids is 2. The molecule has 3 rings (SSSR count). The molecule has 1 saturated carbocycles. The van der Waals surface area contributed by atoms with Crippen molar-refractivity contribution in [2.75, 3.05) is 32.4 Å². The Hall–Kier alpha value is -1.94. The van der Waals surface area contributed by atoms with Crippen LogP contribution in [0.4, 0.5) is 0 Å². The third kappa shape index (κ3) is 4.38. The van der Waals surface area contributed by atoms with Gasteiger partial charge in [0.05, 0.1) is 12.2 Å². The average Bonchev–Trinajstić information content (AvgIpc) is 3.29. The summed E-state index contributed by atoms with van der Waals surface area (Å²) in [7, 11) is -3.44. The summed E-state index contributed by atoms with van der Waals surface area (Å²) in [6.07, 6.45) is 5.56. The van der Waals surface area contributed by atoms with E-state index in [0.29, 0.717) is 57.7 Å². The zero-order valence-electron chi connectivity index (χ0n) is 16.5. The molecule has 2 aliphatic rings. The maximum Gasteiger partial charge on any atom is 0.272 e. The van der Waals surface area contributed by atoms with E-state index in [9.17, 15) is 18.0 Å². The van der Waals surface area contributed by atoms with Crippen LogP contribution in [0.1, 0.15) is 43.1 Å². The van der Waals surface area contributed by atoms with E-state index in [4.69, 9.17) is 0 Å². The summed E-state index contributed by atoms with van der Waals surface area (Å²) in [6, 6.07) is 1.39. The largest absolute Gasteiger partial charge is 0.354 e. The van der Waals surface area contributed by atoms with Crippen LogP contribution in [0.25, 0.3) is 0 Å². The molecular formula is C18H29N5O4S. The van der Waals surface area contributed by atoms with Crippen molar-refractivity contribution in [1.82, 2.24) is 24.3 Å². The van der Waals surface area contributed by atoms with Crippen LogP contribution in [0.5, 0.6) is 0 Å². The number of aromatic nitrogens is 2. The van der Waals surface area contributed by atoms with Gasteiger partial charge in [-0.15, -0.1) is 0 Å². The monoisotopic (exact) mass is 411 g/mol. The molecule has 9 nitrogen and oxygen atoms in total. The van der Waals surface area contributed by atoms with Gasteiger partial charge in [0.2, 0.25) is 15.9 Å². The molecule has 28 heavy (non-hydrogen) atoms. The average molecular weight is 412 g/mol. The Morgan fingerprint density at radius 2 is 2.04 bits per heavy atom. The highest BCUT2D eigenvalue weighted by Crippen LogP contribution is 2.32. The van der Waals surface area contributed by atoms with Crippen LogP contribution in [0.15, 0.2) is 12.3 Å². The summed E-state index contributed by atoms with van der Waals surface area (Å²) in [6.45, 7) is 3.98. The fourth-order valence-electron chi connectivity index (χ4n) is 4.27. The number of hydrogen-bond donors (Lipinski definition) is 1. The molecule has 2 fully saturated rings. The van der Waals surface area contributed by atoms with E-state index >= 15 is 0 Å². The van der Waals surface area contributed by atoms with Gasteiger partial charge in [-0.05, 0) is 32.3 Å². The summed E-state index contributed by atoms with van der Waals surface area (Å²) in [5.41, 5.74) is 0.500. The molecule has 2 amide bonds. The number of rotatable bonds is 3. The van der Waals surface area contributed by atoms with Gasteiger partial charge in [-0.1, -0.05) is 6.42 Å². The standard InChI is InChI=1S/C18H29N5O4S/c1-3-22-16(8-9-20-22)18(25)21-11-5-12-23(28(2,26)27)15-7-4-6-14(15)17(24)19-10-13-21/h8-9,14-15H,3-7,10-13H2,1-2H3,(H,19,24)/t14-,15+/m1/s1. The van der Waals surface area contributed by atoms with Crippen molar-refractivity contribution in [1.29, 1.82) is 0 Å². The van der Waals surface area contributed by atoms with Crippen LogP contribution >= 0.6 is 0 Å². The molecule has 156 valence electrons. The fraction of sp³-hybridized carbons (Fsp3) is 0.722. The van der Waals surface area contributed by atoms with E-state index in [1.165, 1.54) is 10.6 Å². The molecule has 0 bridgehead atoms. The van der Waals surface area contributed by atoms with Crippen LogP contribution in [0.2, 0.25) is 0 Å². The molecule has 0 spiro atoms. The molecule has 1 aromatic heterocycles. The Kier molecular flexibility index (Phi) is 6.39. The van der Waals surface area contributed by atoms with Crippen molar-refractivity contribution in [3.05, 3.63) is 18.0 Å². The minimum absolute atomic E-state index is 0.121. The van der Waals surface area contributed by atoms with Gasteiger partial charge in [0.1, 0.15) is 5.69 Å². The lowest BCUT2D eigenvalue weighted by molar-refractivity contribution is -0.125. The van der Waals surface area contributed by atoms with Crippen molar-refractivity contribution in [3.8, 4) is 0 Å². The van der Waals surface area contributed by atoms with Crippen molar-refractivity contribution in [3.63, 3.8) is 0 Å². The Morgan fingerprint density at radius 1 is 1.25 bits per heavy atom. The fourth-order valence-corrected chi connectivity index (χ4v) is 5.48. The summed E-state index contributed by atoms with van der Waals surface area (Å²) in [5, 5.41) is 7.05. The van der Waals surface area contributed by atoms with Crippen molar-refractivity contribution in [2.45, 2.75) is 45.2 Å². The van der Waals surface area contributed by atoms with Gasteiger partial charge >= 0.3 is 0 Å². The van der Waals surface area contributed by atoms with E-state index in [1.807, 2.05) is 6.92 Å². The normalized spacial score (nSPS) is 25.1. The Labute approximate surface area is 166 Å². The Balaban J connectivity index is 1.81. The van der Waals surface area contributed by atoms with Gasteiger partial charge in [-0.3, -0.25) is 14.3 Å². The third-order valence-corrected chi connectivity index (χ3v) is 6.93. The first-order chi connectivity index (χ1) is 13.3. The number of nitrogens with zero attached hydrogens (tertiary/aromatic N) is 4. The van der Waals surface area contributed by atoms with Crippen LogP contribution in [-0.2, 0) is 21.4 Å². The minimum Gasteiger partial charge on any atom is -0.354 e. The molecule has 0 unspecified atom stereocenters. The molecule has 1 saturated heterocycles. The highest BCUT2D eigenvalue weighted by atomic mass is 32.2. The van der Waals surface area contributed by atoms with E-state index in [1.54, 1.807) is 21.8 Å². The predicted octanol–water partition coefficient (Wildman–Crippen LogP) is 0.295. The van der Waals surface area contributed by atoms with Crippen molar-refractivity contribution in [2.24, 2.45) is 5.92 Å². The first-order valence-electron chi connectivity index (χ1n) is 9.88. The highest BCUT2D eigenvalue weighted by molar-refractivity contribution is 7.88. The molecule has 2 heterocycles. The molecule has 0 radical (unpaired) electrons. The van der Waals surface area contributed by atoms with E-state index < -0.39 is 10.0 Å². The summed E-state index contributed by atoms with van der Waals surface area (Å²) in [5.74, 6) is -0.596. The van der Waals surface area contributed by atoms with Crippen LogP contribution in [0, 0.1) is 5.92 Å². The first-order valence-corrected chi connectivity index (χ1v) is 11.7. The minimum atomic E-state index is -3.44. The quantitative estimate of drug-likeness (QED) is 0.770. The lowest BCUT2D eigenvalue weighted by Crippen LogP contribution is -2.47. The second-order valence-electron chi connectivity index (χ2n) is 7.45. The van der Waals surface area contributed by atoms with Crippen molar-refractivity contribution >= 4 is 21.8 Å². The molecular weight excluding hydrogens is 382 g/mol. The molecule has 1 aromatic rings. The van der Waals surface area contributed by atoms with Gasteiger partial charge in [0.25, 0.3) is 5.91 Å². The van der Waals surface area contributed by atoms with Crippen LogP contribution in [0.3, 0.4) is 0 Å². The van der Waals surface area contributed by atoms with Gasteiger partial charge in [0, 0.05) is 45.0 Å². The number of amides is 2. The number of carbonyl (C=O) groups is 2. The van der Waals surface area contributed by atoms with Gasteiger partial charge < -0.3 is 10.2 Å². The first kappa shape index (κ1) is 20.8. The van der Waals surface area contributed by atoms with E-state index in [2.05, 4.69) is 10.4 Å². The van der Waals surface area contributed by atoms with E-state index in [-0.39, 0.29) is 23.8 Å². The SMILES string of the molecule is CCn1nccc1C(=O)N1CCCN(S(C)(=O)=O)[C@H]2CCC[C@H]2C(=O)NCC1. The van der Waals surface area contributed by atoms with Gasteiger partial charge in [-0.2, -0.15) is 9.40 Å². The third-order valence-electron chi connectivity index (χ3n) is 5.62. The molecule has 1 aliphatic carbocycles. The zero-order chi connectivity index (χ0) is 20.3. The maximum absolute atomic E-state index is 13.0. The highest BCUT2D eigenvalue weighted by Gasteiger charge is 2.40. The van der Waals surface area contributed by atoms with E-state index in [0.717, 1.165) is 6.42 Å². The molecule has 10 heteroatoms. The second-order valence-corrected chi connectivity index (χ2v) is 9.38. The number of fused-ring (bicyclic) bond motifs is 1. The number of sulfonamides is 1. The van der Waals surface area contributed by atoms with Crippen LogP contribution < -0.4 is 5.32 Å². The second kappa shape index (κ2) is 8.60. The topological polar surface area (TPSA) is 105 Å². The number of aryl methyl sites for hydroxylation is 1. The Bertz CT molecular complexity index is 822. The molecule has 1 aliphatic heterocycles. The molecule has 2 atom stereocenters. The number of hydrogen-bond acceptors (Lipinski definition) is 5. The zero-order valence-corrected chi connectivity index (χ0v) is 17.3. The maximum atomic E-state index is 13.0. The van der Waals surface area contributed by atoms with Crippen molar-refractivity contribution < 1.29 is 18.0 Å². The predicted molar refractivity (Wildman–Crippen MR) is 104 cm³/mol. The van der Waals surface area contributed by atoms with Crippen LogP contribution in [-0.4, -0.2) is 77.7 Å². The van der Waals surface area contributed by atoms with Gasteiger partial charge in [-0.25, -0.2) is 8.42 Å². The lowest BCUT2D eigenvalue weighted by Gasteiger charge is -2.30. The Morgan fingerprint density at radius 3 is 2.75 bits per heavy atom. The summed E-state index contributed by atoms with van der Waals surface area (Å²) in [4.78, 5) is 27.3. The number of nitrogens with one attached hydrogen (secondary N) is 1.